The van der Waals surface area contributed by atoms with Crippen LogP contribution in [0.1, 0.15) is 66.2 Å². The molecule has 0 radical (unpaired) electrons. The van der Waals surface area contributed by atoms with Gasteiger partial charge in [-0.25, -0.2) is 0 Å². The van der Waals surface area contributed by atoms with Gasteiger partial charge in [-0.2, -0.15) is 5.26 Å². The average molecular weight is 233 g/mol. The van der Waals surface area contributed by atoms with Gasteiger partial charge in [0, 0.05) is 5.57 Å². The molecule has 1 heteroatoms. The molecule has 2 atom stereocenters. The van der Waals surface area contributed by atoms with Crippen molar-refractivity contribution in [1.29, 1.82) is 5.26 Å². The van der Waals surface area contributed by atoms with E-state index in [0.29, 0.717) is 17.3 Å². The van der Waals surface area contributed by atoms with Crippen LogP contribution in [0.25, 0.3) is 0 Å². The van der Waals surface area contributed by atoms with Gasteiger partial charge in [-0.05, 0) is 30.1 Å². The number of nitriles is 1. The van der Waals surface area contributed by atoms with E-state index in [1.807, 2.05) is 0 Å². The second-order valence-corrected chi connectivity index (χ2v) is 6.22. The van der Waals surface area contributed by atoms with Crippen molar-refractivity contribution in [2.75, 3.05) is 0 Å². The van der Waals surface area contributed by atoms with Crippen molar-refractivity contribution < 1.29 is 0 Å². The first kappa shape index (κ1) is 14.3. The van der Waals surface area contributed by atoms with Crippen LogP contribution in [0.15, 0.2) is 11.6 Å². The zero-order chi connectivity index (χ0) is 12.9. The summed E-state index contributed by atoms with van der Waals surface area (Å²) >= 11 is 0. The standard InChI is InChI=1S/C16H27N/c1-5-7-8-13(6-2)9-14(12-17)10-15-11-16(15,3)4/h10,13,15H,5-9,11H2,1-4H3/b14-10+. The molecule has 0 aliphatic heterocycles. The number of nitrogens with zero attached hydrogens (tertiary/aromatic N) is 1. The van der Waals surface area contributed by atoms with E-state index in [2.05, 4.69) is 39.8 Å². The van der Waals surface area contributed by atoms with Crippen molar-refractivity contribution in [3.05, 3.63) is 11.6 Å². The molecular formula is C16H27N. The van der Waals surface area contributed by atoms with E-state index in [-0.39, 0.29) is 0 Å². The molecule has 0 saturated heterocycles. The molecule has 0 bridgehead atoms. The Hall–Kier alpha value is -0.770. The number of hydrogen-bond donors (Lipinski definition) is 0. The van der Waals surface area contributed by atoms with Crippen LogP contribution >= 0.6 is 0 Å². The fourth-order valence-corrected chi connectivity index (χ4v) is 2.44. The minimum Gasteiger partial charge on any atom is -0.193 e. The molecule has 0 amide bonds. The molecule has 96 valence electrons. The molecule has 1 aliphatic carbocycles. The summed E-state index contributed by atoms with van der Waals surface area (Å²) in [5.41, 5.74) is 1.48. The number of allylic oxidation sites excluding steroid dienone is 2. The largest absolute Gasteiger partial charge is 0.193 e. The summed E-state index contributed by atoms with van der Waals surface area (Å²) in [7, 11) is 0. The Morgan fingerprint density at radius 1 is 1.47 bits per heavy atom. The van der Waals surface area contributed by atoms with Gasteiger partial charge in [0.05, 0.1) is 6.07 Å². The highest BCUT2D eigenvalue weighted by Gasteiger charge is 2.43. The first-order valence-electron chi connectivity index (χ1n) is 7.14. The lowest BCUT2D eigenvalue weighted by atomic mass is 9.91. The molecule has 0 aromatic carbocycles. The van der Waals surface area contributed by atoms with Crippen molar-refractivity contribution in [2.45, 2.75) is 66.2 Å². The molecule has 0 aromatic rings. The maximum Gasteiger partial charge on any atom is 0.0943 e. The van der Waals surface area contributed by atoms with E-state index >= 15 is 0 Å². The van der Waals surface area contributed by atoms with Gasteiger partial charge in [0.1, 0.15) is 0 Å². The summed E-state index contributed by atoms with van der Waals surface area (Å²) in [5.74, 6) is 1.36. The molecule has 2 unspecified atom stereocenters. The van der Waals surface area contributed by atoms with Gasteiger partial charge in [-0.1, -0.05) is 59.5 Å². The van der Waals surface area contributed by atoms with Gasteiger partial charge in [-0.15, -0.1) is 0 Å². The van der Waals surface area contributed by atoms with Crippen LogP contribution in [0.4, 0.5) is 0 Å². The van der Waals surface area contributed by atoms with Gasteiger partial charge < -0.3 is 0 Å². The fraction of sp³-hybridized carbons (Fsp3) is 0.812. The summed E-state index contributed by atoms with van der Waals surface area (Å²) in [4.78, 5) is 0. The Labute approximate surface area is 107 Å². The van der Waals surface area contributed by atoms with E-state index in [0.717, 1.165) is 12.0 Å². The second-order valence-electron chi connectivity index (χ2n) is 6.22. The molecule has 1 rings (SSSR count). The van der Waals surface area contributed by atoms with Gasteiger partial charge in [0.25, 0.3) is 0 Å². The van der Waals surface area contributed by atoms with E-state index in [4.69, 9.17) is 0 Å². The zero-order valence-corrected chi connectivity index (χ0v) is 11.9. The number of hydrogen-bond acceptors (Lipinski definition) is 1. The topological polar surface area (TPSA) is 23.8 Å². The minimum atomic E-state index is 0.452. The SMILES string of the molecule is CCCCC(CC)C/C(C#N)=C\C1CC1(C)C. The van der Waals surface area contributed by atoms with Gasteiger partial charge >= 0.3 is 0 Å². The monoisotopic (exact) mass is 233 g/mol. The molecule has 17 heavy (non-hydrogen) atoms. The van der Waals surface area contributed by atoms with Crippen molar-refractivity contribution >= 4 is 0 Å². The van der Waals surface area contributed by atoms with Crippen LogP contribution in [-0.4, -0.2) is 0 Å². The maximum absolute atomic E-state index is 9.22. The maximum atomic E-state index is 9.22. The van der Waals surface area contributed by atoms with Crippen LogP contribution in [0.3, 0.4) is 0 Å². The minimum absolute atomic E-state index is 0.452. The van der Waals surface area contributed by atoms with Gasteiger partial charge in [0.2, 0.25) is 0 Å². The number of unbranched alkanes of at least 4 members (excludes halogenated alkanes) is 1. The van der Waals surface area contributed by atoms with Crippen LogP contribution in [0.5, 0.6) is 0 Å². The average Bonchev–Trinajstić information content (AvgIpc) is 2.90. The lowest BCUT2D eigenvalue weighted by Gasteiger charge is -2.13. The molecule has 0 spiro atoms. The lowest BCUT2D eigenvalue weighted by molar-refractivity contribution is 0.450. The Bertz CT molecular complexity index is 306. The molecule has 0 heterocycles. The zero-order valence-electron chi connectivity index (χ0n) is 11.9. The summed E-state index contributed by atoms with van der Waals surface area (Å²) < 4.78 is 0. The molecule has 1 saturated carbocycles. The first-order chi connectivity index (χ1) is 8.03. The second kappa shape index (κ2) is 6.24. The Morgan fingerprint density at radius 2 is 2.12 bits per heavy atom. The summed E-state index contributed by atoms with van der Waals surface area (Å²) in [5, 5.41) is 9.22. The third-order valence-electron chi connectivity index (χ3n) is 4.19. The van der Waals surface area contributed by atoms with Gasteiger partial charge in [0.15, 0.2) is 0 Å². The van der Waals surface area contributed by atoms with Gasteiger partial charge in [-0.3, -0.25) is 0 Å². The molecule has 1 fully saturated rings. The smallest absolute Gasteiger partial charge is 0.0943 e. The third-order valence-corrected chi connectivity index (χ3v) is 4.19. The highest BCUT2D eigenvalue weighted by molar-refractivity contribution is 5.25. The number of rotatable bonds is 7. The van der Waals surface area contributed by atoms with Crippen LogP contribution < -0.4 is 0 Å². The summed E-state index contributed by atoms with van der Waals surface area (Å²) in [6.07, 6.45) is 9.54. The van der Waals surface area contributed by atoms with Crippen molar-refractivity contribution in [3.8, 4) is 6.07 Å². The van der Waals surface area contributed by atoms with E-state index < -0.39 is 0 Å². The fourth-order valence-electron chi connectivity index (χ4n) is 2.44. The quantitative estimate of drug-likeness (QED) is 0.562. The normalized spacial score (nSPS) is 24.2. The van der Waals surface area contributed by atoms with Crippen LogP contribution in [0.2, 0.25) is 0 Å². The summed E-state index contributed by atoms with van der Waals surface area (Å²) in [6.45, 7) is 9.06. The van der Waals surface area contributed by atoms with E-state index in [1.54, 1.807) is 0 Å². The van der Waals surface area contributed by atoms with Crippen molar-refractivity contribution in [3.63, 3.8) is 0 Å². The van der Waals surface area contributed by atoms with E-state index in [1.165, 1.54) is 32.1 Å². The summed E-state index contributed by atoms with van der Waals surface area (Å²) in [6, 6.07) is 2.41. The molecule has 1 aliphatic rings. The predicted molar refractivity (Wildman–Crippen MR) is 73.5 cm³/mol. The molecular weight excluding hydrogens is 206 g/mol. The first-order valence-corrected chi connectivity index (χ1v) is 7.14. The Balaban J connectivity index is 2.48. The predicted octanol–water partition coefficient (Wildman–Crippen LogP) is 5.09. The molecule has 0 aromatic heterocycles. The van der Waals surface area contributed by atoms with Crippen LogP contribution in [-0.2, 0) is 0 Å². The highest BCUT2D eigenvalue weighted by atomic mass is 14.5. The van der Waals surface area contributed by atoms with Crippen LogP contribution in [0, 0.1) is 28.6 Å². The molecule has 0 N–H and O–H groups in total. The van der Waals surface area contributed by atoms with Crippen molar-refractivity contribution in [1.82, 2.24) is 0 Å². The van der Waals surface area contributed by atoms with E-state index in [9.17, 15) is 5.26 Å². The molecule has 1 nitrogen and oxygen atoms in total. The van der Waals surface area contributed by atoms with Crippen molar-refractivity contribution in [2.24, 2.45) is 17.3 Å². The Kier molecular flexibility index (Phi) is 5.25. The highest BCUT2D eigenvalue weighted by Crippen LogP contribution is 2.53. The Morgan fingerprint density at radius 3 is 2.53 bits per heavy atom. The third kappa shape index (κ3) is 4.54. The lowest BCUT2D eigenvalue weighted by Crippen LogP contribution is -2.01.